The number of benzene rings is 2. The molecule has 2 atom stereocenters. The van der Waals surface area contributed by atoms with E-state index in [1.165, 1.54) is 25.3 Å². The Labute approximate surface area is 233 Å². The van der Waals surface area contributed by atoms with Crippen LogP contribution in [-0.2, 0) is 19.1 Å². The lowest BCUT2D eigenvalue weighted by atomic mass is 9.75. The van der Waals surface area contributed by atoms with Gasteiger partial charge in [0.25, 0.3) is 5.69 Å². The Balaban J connectivity index is 1.45. The molecule has 0 radical (unpaired) electrons. The monoisotopic (exact) mass is 550 g/mol. The maximum absolute atomic E-state index is 13.4. The second kappa shape index (κ2) is 12.7. The van der Waals surface area contributed by atoms with Gasteiger partial charge < -0.3 is 19.1 Å². The first-order valence-electron chi connectivity index (χ1n) is 13.1. The van der Waals surface area contributed by atoms with Crippen molar-refractivity contribution in [3.05, 3.63) is 75.5 Å². The van der Waals surface area contributed by atoms with Gasteiger partial charge in [-0.25, -0.2) is 4.79 Å². The Kier molecular flexibility index (Phi) is 9.15. The van der Waals surface area contributed by atoms with Gasteiger partial charge in [-0.3, -0.25) is 24.8 Å². The van der Waals surface area contributed by atoms with Crippen LogP contribution >= 0.6 is 0 Å². The minimum Gasteiger partial charge on any atom is -0.495 e. The van der Waals surface area contributed by atoms with Crippen molar-refractivity contribution in [1.29, 1.82) is 0 Å². The maximum Gasteiger partial charge on any atom is 0.336 e. The van der Waals surface area contributed by atoms with Crippen molar-refractivity contribution in [2.24, 2.45) is 10.9 Å². The largest absolute Gasteiger partial charge is 0.495 e. The molecule has 2 heterocycles. The topological polar surface area (TPSA) is 124 Å². The number of non-ortho nitro benzene ring substituents is 1. The molecule has 2 aliphatic heterocycles. The molecular formula is C29H34N4O7. The first kappa shape index (κ1) is 28.8. The number of hydrogen-bond acceptors (Lipinski definition) is 10. The summed E-state index contributed by atoms with van der Waals surface area (Å²) in [6, 6.07) is 13.9. The van der Waals surface area contributed by atoms with Crippen molar-refractivity contribution < 1.29 is 28.7 Å². The molecule has 0 N–H and O–H groups in total. The zero-order valence-corrected chi connectivity index (χ0v) is 23.2. The zero-order valence-electron chi connectivity index (χ0n) is 23.2. The highest BCUT2D eigenvalue weighted by molar-refractivity contribution is 6.07. The summed E-state index contributed by atoms with van der Waals surface area (Å²) in [7, 11) is 2.92. The molecule has 11 nitrogen and oxygen atoms in total. The van der Waals surface area contributed by atoms with Gasteiger partial charge in [-0.2, -0.15) is 0 Å². The van der Waals surface area contributed by atoms with Crippen molar-refractivity contribution in [3.8, 4) is 5.75 Å². The van der Waals surface area contributed by atoms with Gasteiger partial charge in [0.1, 0.15) is 18.3 Å². The van der Waals surface area contributed by atoms with Gasteiger partial charge in [-0.1, -0.05) is 24.3 Å². The highest BCUT2D eigenvalue weighted by Crippen LogP contribution is 2.41. The van der Waals surface area contributed by atoms with Gasteiger partial charge in [-0.15, -0.1) is 0 Å². The number of esters is 2. The summed E-state index contributed by atoms with van der Waals surface area (Å²) in [5.41, 5.74) is 2.42. The minimum atomic E-state index is -0.915. The number of para-hydroxylation sites is 2. The number of carbonyl (C=O) groups is 2. The third kappa shape index (κ3) is 6.15. The molecule has 0 aromatic heterocycles. The number of ether oxygens (including phenoxy) is 3. The van der Waals surface area contributed by atoms with E-state index in [-0.39, 0.29) is 17.9 Å². The normalized spacial score (nSPS) is 19.6. The van der Waals surface area contributed by atoms with E-state index in [2.05, 4.69) is 14.8 Å². The number of nitrogens with zero attached hydrogens (tertiary/aromatic N) is 4. The first-order chi connectivity index (χ1) is 19.2. The van der Waals surface area contributed by atoms with Gasteiger partial charge in [-0.05, 0) is 31.5 Å². The summed E-state index contributed by atoms with van der Waals surface area (Å²) in [5, 5.41) is 11.4. The van der Waals surface area contributed by atoms with Crippen LogP contribution in [0.4, 0.5) is 11.4 Å². The number of rotatable bonds is 9. The summed E-state index contributed by atoms with van der Waals surface area (Å²) in [6.45, 7) is 7.25. The van der Waals surface area contributed by atoms with E-state index in [0.717, 1.165) is 37.6 Å². The first-order valence-corrected chi connectivity index (χ1v) is 13.1. The molecule has 11 heteroatoms. The molecule has 4 rings (SSSR count). The fourth-order valence-electron chi connectivity index (χ4n) is 5.38. The van der Waals surface area contributed by atoms with E-state index in [1.807, 2.05) is 24.3 Å². The molecule has 0 spiro atoms. The molecule has 212 valence electrons. The SMILES string of the molecule is COC(=O)C1C(C)=NC(C)=C(C(=O)OCCN2CCN(c3ccccc3OC)CC2)C1c1cccc([N+](=O)[O-])c1. The molecule has 0 amide bonds. The number of nitro groups is 1. The lowest BCUT2D eigenvalue weighted by Gasteiger charge is -2.36. The third-order valence-electron chi connectivity index (χ3n) is 7.38. The predicted octanol–water partition coefficient (Wildman–Crippen LogP) is 3.59. The number of allylic oxidation sites excluding steroid dienone is 1. The van der Waals surface area contributed by atoms with E-state index in [4.69, 9.17) is 14.2 Å². The lowest BCUT2D eigenvalue weighted by molar-refractivity contribution is -0.384. The molecular weight excluding hydrogens is 516 g/mol. The van der Waals surface area contributed by atoms with E-state index in [9.17, 15) is 19.7 Å². The van der Waals surface area contributed by atoms with Crippen LogP contribution in [0.2, 0.25) is 0 Å². The Morgan fingerprint density at radius 3 is 2.45 bits per heavy atom. The number of nitro benzene ring substituents is 1. The molecule has 2 aromatic rings. The Morgan fingerprint density at radius 1 is 1.05 bits per heavy atom. The average molecular weight is 551 g/mol. The van der Waals surface area contributed by atoms with Gasteiger partial charge >= 0.3 is 11.9 Å². The number of methoxy groups -OCH3 is 2. The molecule has 40 heavy (non-hydrogen) atoms. The minimum absolute atomic E-state index is 0.140. The van der Waals surface area contributed by atoms with Crippen LogP contribution in [0.3, 0.4) is 0 Å². The second-order valence-electron chi connectivity index (χ2n) is 9.72. The third-order valence-corrected chi connectivity index (χ3v) is 7.38. The second-order valence-corrected chi connectivity index (χ2v) is 9.72. The molecule has 0 saturated carbocycles. The summed E-state index contributed by atoms with van der Waals surface area (Å²) >= 11 is 0. The quantitative estimate of drug-likeness (QED) is 0.262. The maximum atomic E-state index is 13.4. The van der Waals surface area contributed by atoms with Crippen LogP contribution < -0.4 is 9.64 Å². The van der Waals surface area contributed by atoms with Crippen LogP contribution in [-0.4, -0.2) is 81.0 Å². The van der Waals surface area contributed by atoms with Crippen molar-refractivity contribution in [1.82, 2.24) is 4.90 Å². The highest BCUT2D eigenvalue weighted by atomic mass is 16.6. The molecule has 2 aliphatic rings. The standard InChI is InChI=1S/C29H34N4O7/c1-19-25(28(34)39-4)27(21-8-7-9-22(18-21)33(36)37)26(20(2)30-19)29(35)40-17-16-31-12-14-32(15-13-31)23-10-5-6-11-24(23)38-3/h5-11,18,25,27H,12-17H2,1-4H3. The molecule has 0 bridgehead atoms. The predicted molar refractivity (Wildman–Crippen MR) is 150 cm³/mol. The number of piperazine rings is 1. The Hall–Kier alpha value is -4.25. The molecule has 1 saturated heterocycles. The van der Waals surface area contributed by atoms with Gasteiger partial charge in [0.15, 0.2) is 0 Å². The van der Waals surface area contributed by atoms with Gasteiger partial charge in [0, 0.05) is 62.2 Å². The van der Waals surface area contributed by atoms with Crippen LogP contribution in [0.5, 0.6) is 5.75 Å². The van der Waals surface area contributed by atoms with Gasteiger partial charge in [0.2, 0.25) is 0 Å². The Bertz CT molecular complexity index is 1330. The molecule has 1 fully saturated rings. The zero-order chi connectivity index (χ0) is 28.8. The van der Waals surface area contributed by atoms with Crippen LogP contribution in [0.15, 0.2) is 64.8 Å². The number of anilines is 1. The van der Waals surface area contributed by atoms with Crippen LogP contribution in [0, 0.1) is 16.0 Å². The van der Waals surface area contributed by atoms with Crippen molar-refractivity contribution in [2.45, 2.75) is 19.8 Å². The molecule has 2 aromatic carbocycles. The average Bonchev–Trinajstić information content (AvgIpc) is 2.96. The van der Waals surface area contributed by atoms with Crippen molar-refractivity contribution in [3.63, 3.8) is 0 Å². The van der Waals surface area contributed by atoms with Crippen LogP contribution in [0.1, 0.15) is 25.3 Å². The van der Waals surface area contributed by atoms with E-state index in [0.29, 0.717) is 23.5 Å². The van der Waals surface area contributed by atoms with E-state index < -0.39 is 28.7 Å². The fraction of sp³-hybridized carbons (Fsp3) is 0.414. The van der Waals surface area contributed by atoms with Crippen molar-refractivity contribution in [2.75, 3.05) is 58.5 Å². The molecule has 2 unspecified atom stereocenters. The van der Waals surface area contributed by atoms with Crippen LogP contribution in [0.25, 0.3) is 0 Å². The summed E-state index contributed by atoms with van der Waals surface area (Å²) in [6.07, 6.45) is 0. The number of aliphatic imine (C=N–C) groups is 1. The summed E-state index contributed by atoms with van der Waals surface area (Å²) < 4.78 is 16.2. The van der Waals surface area contributed by atoms with Gasteiger partial charge in [0.05, 0.1) is 30.4 Å². The van der Waals surface area contributed by atoms with E-state index in [1.54, 1.807) is 27.0 Å². The summed E-state index contributed by atoms with van der Waals surface area (Å²) in [4.78, 5) is 46.1. The lowest BCUT2D eigenvalue weighted by Crippen LogP contribution is -2.47. The fourth-order valence-corrected chi connectivity index (χ4v) is 5.38. The number of carbonyl (C=O) groups excluding carboxylic acids is 2. The summed E-state index contributed by atoms with van der Waals surface area (Å²) in [5.74, 6) is -2.10. The number of hydrogen-bond donors (Lipinski definition) is 0. The van der Waals surface area contributed by atoms with E-state index >= 15 is 0 Å². The smallest absolute Gasteiger partial charge is 0.336 e. The molecule has 0 aliphatic carbocycles. The Morgan fingerprint density at radius 2 is 1.77 bits per heavy atom. The highest BCUT2D eigenvalue weighted by Gasteiger charge is 2.42. The van der Waals surface area contributed by atoms with Crippen molar-refractivity contribution >= 4 is 29.0 Å².